The fourth-order valence-electron chi connectivity index (χ4n) is 0.397. The van der Waals surface area contributed by atoms with Crippen LogP contribution in [0.1, 0.15) is 14.4 Å². The van der Waals surface area contributed by atoms with Crippen molar-refractivity contribution < 1.29 is 14.9 Å². The molecule has 0 saturated carbocycles. The van der Waals surface area contributed by atoms with Crippen molar-refractivity contribution in [2.75, 3.05) is 13.2 Å². The molecule has 0 amide bonds. The van der Waals surface area contributed by atoms with Gasteiger partial charge in [-0.1, -0.05) is 7.43 Å². The molecule has 0 radical (unpaired) electrons. The molecule has 0 spiro atoms. The highest BCUT2D eigenvalue weighted by atomic mass is 16.5. The lowest BCUT2D eigenvalue weighted by atomic mass is 10.1. The van der Waals surface area contributed by atoms with Gasteiger partial charge in [-0.2, -0.15) is 5.26 Å². The van der Waals surface area contributed by atoms with E-state index in [0.717, 1.165) is 6.26 Å². The molecule has 1 aliphatic heterocycles. The maximum atomic E-state index is 8.79. The van der Waals surface area contributed by atoms with Crippen molar-refractivity contribution in [1.29, 1.82) is 5.26 Å². The Balaban J connectivity index is 0. The first kappa shape index (κ1) is 11.9. The number of hydrogen-bond acceptors (Lipinski definition) is 4. The van der Waals surface area contributed by atoms with Gasteiger partial charge in [0.1, 0.15) is 5.60 Å². The second-order valence-electron chi connectivity index (χ2n) is 2.09. The van der Waals surface area contributed by atoms with Crippen LogP contribution in [0.15, 0.2) is 0 Å². The highest BCUT2D eigenvalue weighted by molar-refractivity contribution is 4.78. The van der Waals surface area contributed by atoms with Crippen molar-refractivity contribution in [3.05, 3.63) is 0 Å². The fourth-order valence-corrected chi connectivity index (χ4v) is 0.397. The van der Waals surface area contributed by atoms with E-state index in [9.17, 15) is 0 Å². The summed E-state index contributed by atoms with van der Waals surface area (Å²) in [6, 6.07) is 0. The number of nitriles is 1. The average molecular weight is 147 g/mol. The van der Waals surface area contributed by atoms with Gasteiger partial charge in [-0.05, 0) is 6.92 Å². The van der Waals surface area contributed by atoms with Crippen LogP contribution in [-0.4, -0.2) is 29.0 Å². The first-order valence-electron chi connectivity index (χ1n) is 2.46. The first-order valence-corrected chi connectivity index (χ1v) is 2.46. The van der Waals surface area contributed by atoms with Gasteiger partial charge < -0.3 is 14.9 Å². The Morgan fingerprint density at radius 3 is 1.80 bits per heavy atom. The van der Waals surface area contributed by atoms with Crippen molar-refractivity contribution >= 4 is 0 Å². The summed E-state index contributed by atoms with van der Waals surface area (Å²) in [6.07, 6.45) is 0.750. The van der Waals surface area contributed by atoms with Gasteiger partial charge in [0.05, 0.1) is 13.2 Å². The van der Waals surface area contributed by atoms with Crippen LogP contribution in [0.5, 0.6) is 0 Å². The van der Waals surface area contributed by atoms with Crippen LogP contribution in [-0.2, 0) is 4.74 Å². The highest BCUT2D eigenvalue weighted by Gasteiger charge is 2.29. The van der Waals surface area contributed by atoms with Crippen molar-refractivity contribution in [1.82, 2.24) is 0 Å². The SMILES string of the molecule is C.CC1(O)COC1.N#CO. The molecular formula is C6H13NO3. The van der Waals surface area contributed by atoms with Crippen LogP contribution in [0.2, 0.25) is 0 Å². The van der Waals surface area contributed by atoms with Gasteiger partial charge in [0, 0.05) is 0 Å². The van der Waals surface area contributed by atoms with Gasteiger partial charge in [0.2, 0.25) is 0 Å². The minimum absolute atomic E-state index is 0. The van der Waals surface area contributed by atoms with Gasteiger partial charge in [0.25, 0.3) is 6.26 Å². The molecule has 0 aromatic carbocycles. The number of ether oxygens (including phenoxy) is 1. The third-order valence-corrected chi connectivity index (χ3v) is 0.826. The smallest absolute Gasteiger partial charge is 0.283 e. The summed E-state index contributed by atoms with van der Waals surface area (Å²) in [6.45, 7) is 2.77. The summed E-state index contributed by atoms with van der Waals surface area (Å²) >= 11 is 0. The van der Waals surface area contributed by atoms with Crippen LogP contribution in [0.4, 0.5) is 0 Å². The third-order valence-electron chi connectivity index (χ3n) is 0.826. The average Bonchev–Trinajstić information content (AvgIpc) is 1.65. The number of aliphatic hydroxyl groups excluding tert-OH is 1. The van der Waals surface area contributed by atoms with Crippen LogP contribution in [0.25, 0.3) is 0 Å². The van der Waals surface area contributed by atoms with E-state index < -0.39 is 5.60 Å². The number of aliphatic hydroxyl groups is 2. The number of rotatable bonds is 0. The van der Waals surface area contributed by atoms with E-state index in [2.05, 4.69) is 4.74 Å². The summed E-state index contributed by atoms with van der Waals surface area (Å²) in [5, 5.41) is 22.5. The quantitative estimate of drug-likeness (QED) is 0.481. The largest absolute Gasteiger partial charge is 0.443 e. The van der Waals surface area contributed by atoms with E-state index in [0.29, 0.717) is 13.2 Å². The molecule has 0 aliphatic carbocycles. The summed E-state index contributed by atoms with van der Waals surface area (Å²) in [5.41, 5.74) is -0.500. The number of nitrogens with zero attached hydrogens (tertiary/aromatic N) is 1. The first-order chi connectivity index (χ1) is 4.12. The molecule has 0 unspecified atom stereocenters. The lowest BCUT2D eigenvalue weighted by molar-refractivity contribution is -0.166. The van der Waals surface area contributed by atoms with Crippen LogP contribution < -0.4 is 0 Å². The second-order valence-corrected chi connectivity index (χ2v) is 2.09. The molecule has 1 heterocycles. The minimum atomic E-state index is -0.500. The van der Waals surface area contributed by atoms with E-state index in [1.54, 1.807) is 6.92 Å². The van der Waals surface area contributed by atoms with Gasteiger partial charge in [-0.3, -0.25) is 0 Å². The molecule has 10 heavy (non-hydrogen) atoms. The molecule has 1 aliphatic rings. The Hall–Kier alpha value is -0.790. The Bertz CT molecular complexity index is 111. The molecule has 1 fully saturated rings. The Labute approximate surface area is 60.7 Å². The van der Waals surface area contributed by atoms with Crippen LogP contribution in [0, 0.1) is 11.5 Å². The molecule has 1 rings (SSSR count). The normalized spacial score (nSPS) is 18.1. The standard InChI is InChI=1S/C4H8O2.CHNO.CH4/c1-4(5)2-6-3-4;2-1-3;/h5H,2-3H2,1H3;3H;1H4. The summed E-state index contributed by atoms with van der Waals surface area (Å²) in [7, 11) is 0. The van der Waals surface area contributed by atoms with Crippen molar-refractivity contribution in [2.45, 2.75) is 20.0 Å². The molecule has 0 aromatic rings. The van der Waals surface area contributed by atoms with Gasteiger partial charge in [-0.25, -0.2) is 0 Å². The van der Waals surface area contributed by atoms with E-state index >= 15 is 0 Å². The maximum Gasteiger partial charge on any atom is 0.283 e. The van der Waals surface area contributed by atoms with Gasteiger partial charge in [-0.15, -0.1) is 0 Å². The Morgan fingerprint density at radius 1 is 1.60 bits per heavy atom. The molecule has 60 valence electrons. The highest BCUT2D eigenvalue weighted by Crippen LogP contribution is 2.13. The van der Waals surface area contributed by atoms with Crippen LogP contribution in [0.3, 0.4) is 0 Å². The topological polar surface area (TPSA) is 73.5 Å². The maximum absolute atomic E-state index is 8.79. The number of hydrogen-bond donors (Lipinski definition) is 2. The minimum Gasteiger partial charge on any atom is -0.443 e. The fraction of sp³-hybridized carbons (Fsp3) is 0.833. The lowest BCUT2D eigenvalue weighted by Gasteiger charge is -2.31. The zero-order valence-corrected chi connectivity index (χ0v) is 5.16. The molecule has 0 aromatic heterocycles. The van der Waals surface area contributed by atoms with E-state index in [-0.39, 0.29) is 7.43 Å². The van der Waals surface area contributed by atoms with Crippen molar-refractivity contribution in [3.63, 3.8) is 0 Å². The molecule has 0 atom stereocenters. The molecule has 0 bridgehead atoms. The summed E-state index contributed by atoms with van der Waals surface area (Å²) in [4.78, 5) is 0. The van der Waals surface area contributed by atoms with Gasteiger partial charge in [0.15, 0.2) is 0 Å². The van der Waals surface area contributed by atoms with Crippen molar-refractivity contribution in [3.8, 4) is 6.26 Å². The summed E-state index contributed by atoms with van der Waals surface area (Å²) in [5.74, 6) is 0. The van der Waals surface area contributed by atoms with Gasteiger partial charge >= 0.3 is 0 Å². The Kier molecular flexibility index (Phi) is 6.01. The zero-order valence-electron chi connectivity index (χ0n) is 5.16. The molecular weight excluding hydrogens is 134 g/mol. The Morgan fingerprint density at radius 2 is 1.80 bits per heavy atom. The predicted molar refractivity (Wildman–Crippen MR) is 35.7 cm³/mol. The van der Waals surface area contributed by atoms with E-state index in [1.807, 2.05) is 0 Å². The lowest BCUT2D eigenvalue weighted by Crippen LogP contribution is -2.46. The predicted octanol–water partition coefficient (Wildman–Crippen LogP) is 0.244. The summed E-state index contributed by atoms with van der Waals surface area (Å²) < 4.78 is 4.69. The third kappa shape index (κ3) is 5.35. The van der Waals surface area contributed by atoms with Crippen molar-refractivity contribution in [2.24, 2.45) is 0 Å². The van der Waals surface area contributed by atoms with Crippen LogP contribution >= 0.6 is 0 Å². The molecule has 4 heteroatoms. The second kappa shape index (κ2) is 5.03. The molecule has 2 N–H and O–H groups in total. The van der Waals surface area contributed by atoms with E-state index in [1.165, 1.54) is 0 Å². The molecule has 1 saturated heterocycles. The zero-order chi connectivity index (χ0) is 7.33. The monoisotopic (exact) mass is 147 g/mol. The molecule has 4 nitrogen and oxygen atoms in total. The van der Waals surface area contributed by atoms with E-state index in [4.69, 9.17) is 15.5 Å².